The van der Waals surface area contributed by atoms with Crippen LogP contribution in [0.15, 0.2) is 30.3 Å². The minimum atomic E-state index is -3.99. The molecule has 1 atom stereocenters. The first-order valence-electron chi connectivity index (χ1n) is 9.95. The van der Waals surface area contributed by atoms with Crippen LogP contribution < -0.4 is 3.80 Å². The first-order chi connectivity index (χ1) is 12.0. The van der Waals surface area contributed by atoms with Crippen molar-refractivity contribution in [3.05, 3.63) is 41.5 Å². The van der Waals surface area contributed by atoms with Gasteiger partial charge in [0.15, 0.2) is 0 Å². The summed E-state index contributed by atoms with van der Waals surface area (Å²) in [6.07, 6.45) is 6.33. The Labute approximate surface area is 169 Å². The first kappa shape index (κ1) is 21.0. The topological polar surface area (TPSA) is 15.3 Å². The van der Waals surface area contributed by atoms with Crippen LogP contribution in [0.5, 0.6) is 0 Å². The number of halogens is 2. The molecule has 0 saturated carbocycles. The summed E-state index contributed by atoms with van der Waals surface area (Å²) in [5.41, 5.74) is 3.97. The predicted octanol–water partition coefficient (Wildman–Crippen LogP) is 5.85. The van der Waals surface area contributed by atoms with Gasteiger partial charge in [-0.2, -0.15) is 0 Å². The number of fused-ring (bicyclic) bond motifs is 1. The summed E-state index contributed by atoms with van der Waals surface area (Å²) < 4.78 is 3.98. The van der Waals surface area contributed by atoms with Crippen molar-refractivity contribution in [2.75, 3.05) is 13.1 Å². The van der Waals surface area contributed by atoms with E-state index in [0.717, 1.165) is 13.1 Å². The zero-order valence-corrected chi connectivity index (χ0v) is 21.0. The van der Waals surface area contributed by atoms with Crippen molar-refractivity contribution in [1.82, 2.24) is 8.70 Å². The Bertz CT molecular complexity index is 706. The average Bonchev–Trinajstić information content (AvgIpc) is 2.94. The maximum atomic E-state index is 7.60. The fourth-order valence-corrected chi connectivity index (χ4v) is 21.4. The Kier molecular flexibility index (Phi) is 5.84. The van der Waals surface area contributed by atoms with Gasteiger partial charge in [-0.05, 0) is 0 Å². The van der Waals surface area contributed by atoms with Gasteiger partial charge in [0.1, 0.15) is 0 Å². The molecular formula is C20H33Cl2N2SiTi. The molecular weight excluding hydrogens is 415 g/mol. The molecule has 0 amide bonds. The zero-order chi connectivity index (χ0) is 19.2. The minimum absolute atomic E-state index is 0.0887. The standard InChI is InChI=1S/C14H16N.C4H10N.C2H7Si.2ClH.Ti/c1-4-10-15(11-5-1)14-9-8-12-6-2-3-7-13(12)14;1-4(2,3)5;1-3-2;;;/h2-3,6-9H,1,4-5,10-11H2;5H,1-3H3;3H,1-2H3;2*1H;/q;-1;;;;+3/p-2. The van der Waals surface area contributed by atoms with E-state index < -0.39 is 19.4 Å². The summed E-state index contributed by atoms with van der Waals surface area (Å²) in [4.78, 5) is 2.56. The number of rotatable bonds is 4. The Morgan fingerprint density at radius 1 is 1.08 bits per heavy atom. The van der Waals surface area contributed by atoms with Gasteiger partial charge in [0.2, 0.25) is 0 Å². The van der Waals surface area contributed by atoms with Gasteiger partial charge in [0, 0.05) is 0 Å². The van der Waals surface area contributed by atoms with E-state index >= 15 is 0 Å². The summed E-state index contributed by atoms with van der Waals surface area (Å²) in [5, 5.41) is 0. The Morgan fingerprint density at radius 2 is 1.69 bits per heavy atom. The molecule has 1 unspecified atom stereocenters. The summed E-state index contributed by atoms with van der Waals surface area (Å²) in [6.45, 7) is 12.2. The van der Waals surface area contributed by atoms with Gasteiger partial charge in [0.25, 0.3) is 0 Å². The summed E-state index contributed by atoms with van der Waals surface area (Å²) in [5.74, 6) is 0. The molecule has 1 aromatic rings. The van der Waals surface area contributed by atoms with Crippen molar-refractivity contribution in [2.24, 2.45) is 0 Å². The van der Waals surface area contributed by atoms with E-state index in [4.69, 9.17) is 18.6 Å². The van der Waals surface area contributed by atoms with Crippen LogP contribution in [0.2, 0.25) is 13.1 Å². The van der Waals surface area contributed by atoms with Crippen LogP contribution in [0, 0.1) is 0 Å². The van der Waals surface area contributed by atoms with E-state index in [-0.39, 0.29) is 9.76 Å². The molecule has 2 aliphatic rings. The number of allylic oxidation sites excluding steroid dienone is 1. The number of piperidine rings is 1. The Balaban J connectivity index is 2.11. The van der Waals surface area contributed by atoms with Gasteiger partial charge in [-0.25, -0.2) is 0 Å². The van der Waals surface area contributed by atoms with Gasteiger partial charge >= 0.3 is 170 Å². The van der Waals surface area contributed by atoms with Gasteiger partial charge in [-0.1, -0.05) is 0 Å². The van der Waals surface area contributed by atoms with Crippen molar-refractivity contribution in [1.29, 1.82) is 0 Å². The molecule has 1 aliphatic carbocycles. The number of hydrogen-bond donors (Lipinski definition) is 1. The van der Waals surface area contributed by atoms with E-state index in [0.29, 0.717) is 0 Å². The molecule has 6 heteroatoms. The van der Waals surface area contributed by atoms with E-state index in [1.807, 2.05) is 0 Å². The van der Waals surface area contributed by atoms with Crippen molar-refractivity contribution >= 4 is 31.0 Å². The zero-order valence-electron chi connectivity index (χ0n) is 16.8. The van der Waals surface area contributed by atoms with Crippen molar-refractivity contribution in [2.45, 2.75) is 62.9 Å². The third kappa shape index (κ3) is 3.86. The van der Waals surface area contributed by atoms with Gasteiger partial charge < -0.3 is 0 Å². The van der Waals surface area contributed by atoms with Crippen LogP contribution in [0.1, 0.15) is 55.4 Å². The fraction of sp³-hybridized carbons (Fsp3) is 0.600. The van der Waals surface area contributed by atoms with Crippen LogP contribution >= 0.6 is 18.6 Å². The normalized spacial score (nSPS) is 22.8. The van der Waals surface area contributed by atoms with Crippen LogP contribution in [0.4, 0.5) is 0 Å². The summed E-state index contributed by atoms with van der Waals surface area (Å²) in [6, 6.07) is 8.79. The van der Waals surface area contributed by atoms with E-state index in [9.17, 15) is 0 Å². The van der Waals surface area contributed by atoms with E-state index in [2.05, 4.69) is 72.9 Å². The Hall–Kier alpha value is 0.231. The Morgan fingerprint density at radius 3 is 2.27 bits per heavy atom. The monoisotopic (exact) mass is 447 g/mol. The van der Waals surface area contributed by atoms with Crippen molar-refractivity contribution in [3.63, 3.8) is 0 Å². The number of nitrogens with one attached hydrogen (secondary N) is 1. The molecule has 0 aromatic heterocycles. The third-order valence-corrected chi connectivity index (χ3v) is 37.9. The maximum absolute atomic E-state index is 7.60. The number of nitrogens with zero attached hydrogens (tertiary/aromatic N) is 1. The molecule has 0 bridgehead atoms. The average molecular weight is 448 g/mol. The molecule has 1 N–H and O–H groups in total. The van der Waals surface area contributed by atoms with Gasteiger partial charge in [-0.15, -0.1) is 0 Å². The molecule has 3 rings (SSSR count). The van der Waals surface area contributed by atoms with E-state index in [1.54, 1.807) is 0 Å². The fourth-order valence-electron chi connectivity index (χ4n) is 4.49. The molecule has 2 nitrogen and oxygen atoms in total. The molecule has 26 heavy (non-hydrogen) atoms. The predicted molar refractivity (Wildman–Crippen MR) is 116 cm³/mol. The molecule has 1 saturated heterocycles. The van der Waals surface area contributed by atoms with Crippen LogP contribution in [0.3, 0.4) is 0 Å². The molecule has 1 aliphatic heterocycles. The second kappa shape index (κ2) is 7.24. The molecule has 145 valence electrons. The van der Waals surface area contributed by atoms with Gasteiger partial charge in [-0.3, -0.25) is 0 Å². The summed E-state index contributed by atoms with van der Waals surface area (Å²) >= 11 is -3.99. The van der Waals surface area contributed by atoms with Crippen LogP contribution in [-0.4, -0.2) is 30.2 Å². The molecule has 0 radical (unpaired) electrons. The van der Waals surface area contributed by atoms with Crippen molar-refractivity contribution < 1.29 is 12.7 Å². The number of likely N-dealkylation sites (tertiary alicyclic amines) is 1. The third-order valence-electron chi connectivity index (χ3n) is 5.84. The van der Waals surface area contributed by atoms with E-state index in [1.165, 1.54) is 36.1 Å². The SMILES string of the molecule is C[SiH](C)[Ti]([Cl])([Cl])([NH]C(C)(C)C)[CH]1C=C(N2CCCCC2)c2ccccc21. The van der Waals surface area contributed by atoms with Crippen LogP contribution in [-0.2, 0) is 12.7 Å². The van der Waals surface area contributed by atoms with Crippen molar-refractivity contribution in [3.8, 4) is 0 Å². The molecule has 0 spiro atoms. The number of hydrogen-bond acceptors (Lipinski definition) is 2. The quantitative estimate of drug-likeness (QED) is 0.582. The second-order valence-corrected chi connectivity index (χ2v) is 37.5. The second-order valence-electron chi connectivity index (χ2n) is 9.35. The van der Waals surface area contributed by atoms with Crippen LogP contribution in [0.25, 0.3) is 5.70 Å². The van der Waals surface area contributed by atoms with Gasteiger partial charge in [0.05, 0.1) is 0 Å². The summed E-state index contributed by atoms with van der Waals surface area (Å²) in [7, 11) is 15.2. The molecule has 1 aromatic carbocycles. The molecule has 1 heterocycles. The molecule has 1 fully saturated rings. The first-order valence-corrected chi connectivity index (χ1v) is 21.5. The number of benzene rings is 1.